The van der Waals surface area contributed by atoms with E-state index in [1.54, 1.807) is 50.6 Å². The number of pyridine rings is 1. The summed E-state index contributed by atoms with van der Waals surface area (Å²) in [6, 6.07) is 15.3. The molecule has 0 radical (unpaired) electrons. The highest BCUT2D eigenvalue weighted by Gasteiger charge is 2.48. The Labute approximate surface area is 227 Å². The molecule has 3 aromatic heterocycles. The molecule has 5 aromatic rings. The highest BCUT2D eigenvalue weighted by atomic mass is 32.1. The summed E-state index contributed by atoms with van der Waals surface area (Å²) in [5.41, 5.74) is 3.70. The molecule has 1 aliphatic heterocycles. The van der Waals surface area contributed by atoms with Crippen molar-refractivity contribution in [3.63, 3.8) is 0 Å². The zero-order valence-corrected chi connectivity index (χ0v) is 22.4. The lowest BCUT2D eigenvalue weighted by Gasteiger charge is -2.23. The number of aliphatic hydroxyl groups excluding tert-OH is 1. The lowest BCUT2D eigenvalue weighted by molar-refractivity contribution is -0.132. The Morgan fingerprint density at radius 1 is 0.974 bits per heavy atom. The Bertz CT molecular complexity index is 1820. The second-order valence-corrected chi connectivity index (χ2v) is 10.2. The van der Waals surface area contributed by atoms with Crippen molar-refractivity contribution in [3.05, 3.63) is 88.9 Å². The van der Waals surface area contributed by atoms with Crippen LogP contribution in [0.3, 0.4) is 0 Å². The summed E-state index contributed by atoms with van der Waals surface area (Å²) in [7, 11) is 3.14. The van der Waals surface area contributed by atoms with Gasteiger partial charge in [-0.25, -0.2) is 9.97 Å². The monoisotopic (exact) mass is 540 g/mol. The maximum Gasteiger partial charge on any atom is 0.301 e. The molecular formula is C29H24N4O5S. The molecule has 1 aliphatic rings. The van der Waals surface area contributed by atoms with E-state index in [2.05, 4.69) is 9.97 Å². The average Bonchev–Trinajstić information content (AvgIpc) is 3.60. The fourth-order valence-electron chi connectivity index (χ4n) is 4.93. The normalized spacial score (nSPS) is 16.9. The van der Waals surface area contributed by atoms with Gasteiger partial charge in [0.1, 0.15) is 22.8 Å². The summed E-state index contributed by atoms with van der Waals surface area (Å²) in [5, 5.41) is 12.0. The van der Waals surface area contributed by atoms with Crippen LogP contribution in [-0.2, 0) is 9.59 Å². The number of nitrogens with zero attached hydrogens (tertiary/aromatic N) is 4. The zero-order chi connectivity index (χ0) is 27.4. The number of imidazole rings is 1. The Morgan fingerprint density at radius 2 is 1.69 bits per heavy atom. The van der Waals surface area contributed by atoms with E-state index in [1.807, 2.05) is 42.6 Å². The summed E-state index contributed by atoms with van der Waals surface area (Å²) in [6.07, 6.45) is 1.84. The first-order valence-electron chi connectivity index (χ1n) is 12.2. The molecule has 2 aromatic carbocycles. The number of fused-ring (bicyclic) bond motifs is 2. The highest BCUT2D eigenvalue weighted by Crippen LogP contribution is 2.45. The largest absolute Gasteiger partial charge is 0.505 e. The standard InChI is InChI=1S/C29H24N4O5S/c1-15-6-5-13-32-16(2)23(31-27(15)32)25(34)22-24(17-7-9-18(37-3)10-8-17)33(28(36)26(22)35)29-30-20-12-11-19(38-4)14-21(20)39-29/h5-14,24,34H,1-4H3. The number of aromatic nitrogens is 3. The molecule has 1 saturated heterocycles. The molecular weight excluding hydrogens is 516 g/mol. The molecule has 1 atom stereocenters. The predicted molar refractivity (Wildman–Crippen MR) is 149 cm³/mol. The Morgan fingerprint density at radius 3 is 2.38 bits per heavy atom. The van der Waals surface area contributed by atoms with Gasteiger partial charge < -0.3 is 19.0 Å². The van der Waals surface area contributed by atoms with Gasteiger partial charge in [0.25, 0.3) is 5.78 Å². The van der Waals surface area contributed by atoms with Gasteiger partial charge in [-0.2, -0.15) is 0 Å². The number of ketones is 1. The molecule has 0 aliphatic carbocycles. The van der Waals surface area contributed by atoms with Crippen LogP contribution in [0.4, 0.5) is 5.13 Å². The summed E-state index contributed by atoms with van der Waals surface area (Å²) < 4.78 is 13.3. The first-order chi connectivity index (χ1) is 18.8. The second-order valence-electron chi connectivity index (χ2n) is 9.20. The van der Waals surface area contributed by atoms with Gasteiger partial charge in [0.05, 0.1) is 41.7 Å². The Balaban J connectivity index is 1.58. The van der Waals surface area contributed by atoms with Gasteiger partial charge in [-0.15, -0.1) is 0 Å². The second kappa shape index (κ2) is 9.25. The van der Waals surface area contributed by atoms with Crippen molar-refractivity contribution >= 4 is 49.8 Å². The van der Waals surface area contributed by atoms with Crippen LogP contribution in [0.1, 0.15) is 28.6 Å². The van der Waals surface area contributed by atoms with Gasteiger partial charge >= 0.3 is 5.91 Å². The number of aryl methyl sites for hydroxylation is 2. The smallest absolute Gasteiger partial charge is 0.301 e. The number of methoxy groups -OCH3 is 2. The van der Waals surface area contributed by atoms with Gasteiger partial charge in [-0.3, -0.25) is 14.5 Å². The van der Waals surface area contributed by atoms with Gasteiger partial charge in [0, 0.05) is 6.20 Å². The van der Waals surface area contributed by atoms with Crippen molar-refractivity contribution in [1.82, 2.24) is 14.4 Å². The summed E-state index contributed by atoms with van der Waals surface area (Å²) in [6.45, 7) is 3.73. The molecule has 0 saturated carbocycles. The number of ether oxygens (including phenoxy) is 2. The van der Waals surface area contributed by atoms with Crippen LogP contribution >= 0.6 is 11.3 Å². The van der Waals surface area contributed by atoms with Gasteiger partial charge in [-0.1, -0.05) is 29.5 Å². The van der Waals surface area contributed by atoms with Crippen molar-refractivity contribution in [2.24, 2.45) is 0 Å². The third kappa shape index (κ3) is 3.83. The molecule has 9 nitrogen and oxygen atoms in total. The number of rotatable bonds is 5. The van der Waals surface area contributed by atoms with Crippen LogP contribution in [0.2, 0.25) is 0 Å². The number of Topliss-reactive ketones (excluding diaryl/α,β-unsaturated/α-hetero) is 1. The van der Waals surface area contributed by atoms with Crippen LogP contribution in [0.25, 0.3) is 21.6 Å². The van der Waals surface area contributed by atoms with Crippen molar-refractivity contribution in [2.45, 2.75) is 19.9 Å². The number of carbonyl (C=O) groups excluding carboxylic acids is 2. The maximum atomic E-state index is 13.6. The molecule has 4 heterocycles. The van der Waals surface area contributed by atoms with Crippen molar-refractivity contribution in [3.8, 4) is 11.5 Å². The van der Waals surface area contributed by atoms with E-state index in [9.17, 15) is 14.7 Å². The lowest BCUT2D eigenvalue weighted by atomic mass is 9.96. The summed E-state index contributed by atoms with van der Waals surface area (Å²) in [4.78, 5) is 37.9. The number of carbonyl (C=O) groups is 2. The van der Waals surface area contributed by atoms with Crippen molar-refractivity contribution < 1.29 is 24.2 Å². The number of benzene rings is 2. The van der Waals surface area contributed by atoms with E-state index in [4.69, 9.17) is 9.47 Å². The molecule has 0 bridgehead atoms. The topological polar surface area (TPSA) is 106 Å². The van der Waals surface area contributed by atoms with E-state index in [0.717, 1.165) is 10.3 Å². The minimum absolute atomic E-state index is 0.0498. The molecule has 0 spiro atoms. The van der Waals surface area contributed by atoms with Crippen molar-refractivity contribution in [2.75, 3.05) is 19.1 Å². The minimum atomic E-state index is -0.927. The first-order valence-corrected chi connectivity index (χ1v) is 13.0. The van der Waals surface area contributed by atoms with E-state index >= 15 is 0 Å². The van der Waals surface area contributed by atoms with Gasteiger partial charge in [-0.05, 0) is 61.4 Å². The third-order valence-electron chi connectivity index (χ3n) is 6.97. The number of thiazole rings is 1. The molecule has 196 valence electrons. The van der Waals surface area contributed by atoms with Crippen LogP contribution < -0.4 is 14.4 Å². The molecule has 1 fully saturated rings. The van der Waals surface area contributed by atoms with Crippen molar-refractivity contribution in [1.29, 1.82) is 0 Å². The van der Waals surface area contributed by atoms with Crippen LogP contribution in [-0.4, -0.2) is 45.4 Å². The predicted octanol–water partition coefficient (Wildman–Crippen LogP) is 5.20. The summed E-state index contributed by atoms with van der Waals surface area (Å²) in [5.74, 6) is -0.641. The average molecular weight is 541 g/mol. The fraction of sp³-hybridized carbons (Fsp3) is 0.172. The molecule has 1 N–H and O–H groups in total. The fourth-order valence-corrected chi connectivity index (χ4v) is 5.95. The zero-order valence-electron chi connectivity index (χ0n) is 21.6. The Kier molecular flexibility index (Phi) is 5.84. The van der Waals surface area contributed by atoms with Crippen LogP contribution in [0, 0.1) is 13.8 Å². The quantitative estimate of drug-likeness (QED) is 0.185. The van der Waals surface area contributed by atoms with Crippen LogP contribution in [0.15, 0.2) is 66.4 Å². The first kappa shape index (κ1) is 24.6. The van der Waals surface area contributed by atoms with E-state index in [-0.39, 0.29) is 17.0 Å². The summed E-state index contributed by atoms with van der Waals surface area (Å²) >= 11 is 1.27. The highest BCUT2D eigenvalue weighted by molar-refractivity contribution is 7.22. The minimum Gasteiger partial charge on any atom is -0.505 e. The number of hydrogen-bond acceptors (Lipinski definition) is 8. The van der Waals surface area contributed by atoms with E-state index < -0.39 is 17.7 Å². The van der Waals surface area contributed by atoms with E-state index in [0.29, 0.717) is 39.1 Å². The SMILES string of the molecule is COc1ccc(C2C(=C(O)c3nc4c(C)cccn4c3C)C(=O)C(=O)N2c2nc3ccc(OC)cc3s2)cc1. The molecule has 10 heteroatoms. The maximum absolute atomic E-state index is 13.6. The molecule has 39 heavy (non-hydrogen) atoms. The number of anilines is 1. The number of hydrogen-bond donors (Lipinski definition) is 1. The van der Waals surface area contributed by atoms with E-state index in [1.165, 1.54) is 16.2 Å². The van der Waals surface area contributed by atoms with Gasteiger partial charge in [0.2, 0.25) is 0 Å². The Hall–Kier alpha value is -4.70. The molecule has 6 rings (SSSR count). The number of aliphatic hydroxyl groups is 1. The molecule has 1 unspecified atom stereocenters. The molecule has 1 amide bonds. The lowest BCUT2D eigenvalue weighted by Crippen LogP contribution is -2.29. The van der Waals surface area contributed by atoms with Gasteiger partial charge in [0.15, 0.2) is 10.9 Å². The third-order valence-corrected chi connectivity index (χ3v) is 7.99. The number of amides is 1. The van der Waals surface area contributed by atoms with Crippen LogP contribution in [0.5, 0.6) is 11.5 Å².